The second kappa shape index (κ2) is 6.93. The van der Waals surface area contributed by atoms with E-state index in [1.807, 2.05) is 0 Å². The van der Waals surface area contributed by atoms with Crippen LogP contribution in [-0.2, 0) is 10.0 Å². The highest BCUT2D eigenvalue weighted by Crippen LogP contribution is 2.19. The van der Waals surface area contributed by atoms with Gasteiger partial charge in [-0.1, -0.05) is 0 Å². The number of nitrogens with one attached hydrogen (secondary N) is 1. The number of piperidine rings is 1. The van der Waals surface area contributed by atoms with E-state index in [0.29, 0.717) is 25.9 Å². The minimum atomic E-state index is -4.52. The van der Waals surface area contributed by atoms with E-state index in [0.717, 1.165) is 6.26 Å². The molecule has 0 bridgehead atoms. The lowest BCUT2D eigenvalue weighted by atomic mass is 10.1. The van der Waals surface area contributed by atoms with Gasteiger partial charge in [0.2, 0.25) is 21.9 Å². The smallest absolute Gasteiger partial charge is 0.422 e. The summed E-state index contributed by atoms with van der Waals surface area (Å²) in [6.45, 7) is -0.883. The fourth-order valence-corrected chi connectivity index (χ4v) is 3.04. The lowest BCUT2D eigenvalue weighted by molar-refractivity contribution is -0.154. The maximum atomic E-state index is 12.2. The van der Waals surface area contributed by atoms with Gasteiger partial charge >= 0.3 is 12.2 Å². The number of halogens is 3. The second-order valence-corrected chi connectivity index (χ2v) is 7.27. The number of rotatable bonds is 5. The van der Waals surface area contributed by atoms with Gasteiger partial charge in [0, 0.05) is 19.1 Å². The Labute approximate surface area is 136 Å². The van der Waals surface area contributed by atoms with E-state index in [2.05, 4.69) is 25.0 Å². The Kier molecular flexibility index (Phi) is 5.32. The number of anilines is 2. The molecule has 0 aliphatic carbocycles. The maximum Gasteiger partial charge on any atom is 0.422 e. The molecular weight excluding hydrogens is 353 g/mol. The van der Waals surface area contributed by atoms with Crippen molar-refractivity contribution in [2.24, 2.45) is 0 Å². The molecule has 0 saturated carbocycles. The van der Waals surface area contributed by atoms with Crippen LogP contribution in [0.2, 0.25) is 0 Å². The van der Waals surface area contributed by atoms with Gasteiger partial charge in [-0.2, -0.15) is 28.1 Å². The normalized spacial score (nSPS) is 17.7. The minimum Gasteiger partial charge on any atom is -0.454 e. The molecule has 9 nitrogen and oxygen atoms in total. The highest BCUT2D eigenvalue weighted by atomic mass is 32.2. The maximum absolute atomic E-state index is 12.2. The monoisotopic (exact) mass is 370 g/mol. The minimum absolute atomic E-state index is 0.0162. The Morgan fingerprint density at radius 1 is 1.29 bits per heavy atom. The van der Waals surface area contributed by atoms with Gasteiger partial charge in [0.25, 0.3) is 0 Å². The lowest BCUT2D eigenvalue weighted by Gasteiger charge is -2.30. The van der Waals surface area contributed by atoms with Crippen LogP contribution in [0.5, 0.6) is 6.01 Å². The fourth-order valence-electron chi connectivity index (χ4n) is 2.16. The number of nitrogens with zero attached hydrogens (tertiary/aromatic N) is 4. The zero-order valence-corrected chi connectivity index (χ0v) is 13.6. The molecule has 2 heterocycles. The first kappa shape index (κ1) is 18.4. The molecule has 0 unspecified atom stereocenters. The first-order valence-corrected chi connectivity index (χ1v) is 8.80. The molecule has 0 amide bonds. The Bertz CT molecular complexity index is 676. The van der Waals surface area contributed by atoms with Crippen LogP contribution in [0.15, 0.2) is 0 Å². The van der Waals surface area contributed by atoms with E-state index < -0.39 is 28.8 Å². The molecule has 0 radical (unpaired) electrons. The van der Waals surface area contributed by atoms with Gasteiger partial charge in [-0.05, 0) is 12.8 Å². The number of hydrogen-bond acceptors (Lipinski definition) is 8. The summed E-state index contributed by atoms with van der Waals surface area (Å²) in [5.74, 6) is -0.296. The van der Waals surface area contributed by atoms with E-state index in [9.17, 15) is 21.6 Å². The molecule has 1 aromatic heterocycles. The van der Waals surface area contributed by atoms with E-state index in [-0.39, 0.29) is 17.9 Å². The van der Waals surface area contributed by atoms with Gasteiger partial charge in [-0.3, -0.25) is 0 Å². The van der Waals surface area contributed by atoms with Gasteiger partial charge in [-0.15, -0.1) is 0 Å². The van der Waals surface area contributed by atoms with Gasteiger partial charge < -0.3 is 15.8 Å². The summed E-state index contributed by atoms with van der Waals surface area (Å²) >= 11 is 0. The second-order valence-electron chi connectivity index (χ2n) is 5.28. The summed E-state index contributed by atoms with van der Waals surface area (Å²) in [7, 11) is -3.24. The van der Waals surface area contributed by atoms with Crippen LogP contribution in [-0.4, -0.2) is 65.8 Å². The molecule has 1 aliphatic heterocycles. The number of nitrogen functional groups attached to an aromatic ring is 1. The number of aromatic nitrogens is 3. The molecule has 1 fully saturated rings. The summed E-state index contributed by atoms with van der Waals surface area (Å²) in [5.41, 5.74) is 5.43. The predicted molar refractivity (Wildman–Crippen MR) is 78.9 cm³/mol. The summed E-state index contributed by atoms with van der Waals surface area (Å²) < 4.78 is 65.1. The Hall–Kier alpha value is -1.89. The molecule has 1 aliphatic rings. The fraction of sp³-hybridized carbons (Fsp3) is 0.727. The first-order valence-electron chi connectivity index (χ1n) is 6.96. The highest BCUT2D eigenvalue weighted by molar-refractivity contribution is 7.88. The number of sulfonamides is 1. The van der Waals surface area contributed by atoms with Crippen molar-refractivity contribution >= 4 is 21.9 Å². The van der Waals surface area contributed by atoms with Gasteiger partial charge in [0.1, 0.15) is 0 Å². The van der Waals surface area contributed by atoms with Gasteiger partial charge in [0.15, 0.2) is 6.61 Å². The van der Waals surface area contributed by atoms with Crippen molar-refractivity contribution in [3.8, 4) is 6.01 Å². The van der Waals surface area contributed by atoms with E-state index in [1.165, 1.54) is 4.31 Å². The average Bonchev–Trinajstić information content (AvgIpc) is 2.43. The van der Waals surface area contributed by atoms with Crippen molar-refractivity contribution in [3.05, 3.63) is 0 Å². The Morgan fingerprint density at radius 2 is 1.92 bits per heavy atom. The van der Waals surface area contributed by atoms with E-state index in [1.54, 1.807) is 0 Å². The molecule has 13 heteroatoms. The molecule has 0 atom stereocenters. The van der Waals surface area contributed by atoms with E-state index in [4.69, 9.17) is 5.73 Å². The van der Waals surface area contributed by atoms with Gasteiger partial charge in [0.05, 0.1) is 6.26 Å². The zero-order valence-electron chi connectivity index (χ0n) is 12.7. The molecule has 1 saturated heterocycles. The molecule has 136 valence electrons. The van der Waals surface area contributed by atoms with Crippen LogP contribution < -0.4 is 15.8 Å². The van der Waals surface area contributed by atoms with Crippen molar-refractivity contribution in [1.82, 2.24) is 19.3 Å². The third-order valence-corrected chi connectivity index (χ3v) is 4.56. The molecule has 1 aromatic rings. The van der Waals surface area contributed by atoms with Crippen LogP contribution in [0.25, 0.3) is 0 Å². The Balaban J connectivity index is 1.97. The predicted octanol–water partition coefficient (Wildman–Crippen LogP) is 0.231. The van der Waals surface area contributed by atoms with E-state index >= 15 is 0 Å². The van der Waals surface area contributed by atoms with Crippen LogP contribution in [0, 0.1) is 0 Å². The number of ether oxygens (including phenoxy) is 1. The van der Waals surface area contributed by atoms with Crippen molar-refractivity contribution in [3.63, 3.8) is 0 Å². The number of hydrogen-bond donors (Lipinski definition) is 2. The number of alkyl halides is 3. The third-order valence-electron chi connectivity index (χ3n) is 3.25. The molecule has 24 heavy (non-hydrogen) atoms. The van der Waals surface area contributed by atoms with Crippen LogP contribution in [0.1, 0.15) is 12.8 Å². The topological polar surface area (TPSA) is 123 Å². The summed E-state index contributed by atoms with van der Waals surface area (Å²) in [6, 6.07) is -0.670. The SMILES string of the molecule is CS(=O)(=O)N1CCC(Nc2nc(N)nc(OCC(F)(F)F)n2)CC1. The van der Waals surface area contributed by atoms with Crippen LogP contribution in [0.3, 0.4) is 0 Å². The lowest BCUT2D eigenvalue weighted by Crippen LogP contribution is -2.42. The summed E-state index contributed by atoms with van der Waals surface area (Å²) in [4.78, 5) is 11.0. The zero-order chi connectivity index (χ0) is 18.0. The van der Waals surface area contributed by atoms with Gasteiger partial charge in [-0.25, -0.2) is 12.7 Å². The molecule has 0 spiro atoms. The van der Waals surface area contributed by atoms with Crippen LogP contribution >= 0.6 is 0 Å². The third kappa shape index (κ3) is 5.63. The quantitative estimate of drug-likeness (QED) is 0.755. The standard InChI is InChI=1S/C11H17F3N6O3S/c1-24(21,22)20-4-2-7(3-5-20)16-9-17-8(15)18-10(19-9)23-6-11(12,13)14/h7H,2-6H2,1H3,(H3,15,16,17,18,19). The van der Waals surface area contributed by atoms with Crippen molar-refractivity contribution in [2.75, 3.05) is 37.0 Å². The van der Waals surface area contributed by atoms with Crippen molar-refractivity contribution in [1.29, 1.82) is 0 Å². The highest BCUT2D eigenvalue weighted by Gasteiger charge is 2.29. The molecule has 0 aromatic carbocycles. The molecule has 2 rings (SSSR count). The number of nitrogens with two attached hydrogens (primary N) is 1. The average molecular weight is 370 g/mol. The van der Waals surface area contributed by atoms with Crippen molar-refractivity contribution < 1.29 is 26.3 Å². The first-order chi connectivity index (χ1) is 11.0. The molecular formula is C11H17F3N6O3S. The summed E-state index contributed by atoms with van der Waals surface area (Å²) in [5, 5.41) is 2.91. The summed E-state index contributed by atoms with van der Waals surface area (Å²) in [6.07, 6.45) is -2.39. The largest absolute Gasteiger partial charge is 0.454 e. The Morgan fingerprint density at radius 3 is 2.46 bits per heavy atom. The molecule has 3 N–H and O–H groups in total. The van der Waals surface area contributed by atoms with Crippen LogP contribution in [0.4, 0.5) is 25.1 Å². The van der Waals surface area contributed by atoms with Crippen molar-refractivity contribution in [2.45, 2.75) is 25.1 Å².